The van der Waals surface area contributed by atoms with Gasteiger partial charge in [-0.2, -0.15) is 0 Å². The molecule has 0 spiro atoms. The molecule has 1 aromatic rings. The maximum Gasteiger partial charge on any atom is 0.317 e. The van der Waals surface area contributed by atoms with Gasteiger partial charge in [-0.05, 0) is 13.0 Å². The van der Waals surface area contributed by atoms with Crippen molar-refractivity contribution in [3.8, 4) is 5.75 Å². The largest absolute Gasteiger partial charge is 0.496 e. The van der Waals surface area contributed by atoms with E-state index in [1.807, 2.05) is 31.2 Å². The average Bonchev–Trinajstić information content (AvgIpc) is 2.25. The summed E-state index contributed by atoms with van der Waals surface area (Å²) < 4.78 is 5.19. The minimum Gasteiger partial charge on any atom is -0.496 e. The minimum atomic E-state index is -0.864. The molecule has 15 heavy (non-hydrogen) atoms. The third-order valence-corrected chi connectivity index (χ3v) is 2.16. The molecule has 0 unspecified atom stereocenters. The number of nitrogens with one attached hydrogen (secondary N) is 1. The highest BCUT2D eigenvalue weighted by atomic mass is 16.5. The highest BCUT2D eigenvalue weighted by Gasteiger charge is 2.10. The van der Waals surface area contributed by atoms with Gasteiger partial charge < -0.3 is 15.2 Å². The maximum atomic E-state index is 10.4. The smallest absolute Gasteiger partial charge is 0.317 e. The van der Waals surface area contributed by atoms with E-state index in [2.05, 4.69) is 5.32 Å². The van der Waals surface area contributed by atoms with E-state index in [1.54, 1.807) is 7.11 Å². The molecule has 1 atom stereocenters. The quantitative estimate of drug-likeness (QED) is 0.770. The van der Waals surface area contributed by atoms with Gasteiger partial charge >= 0.3 is 5.97 Å². The Hall–Kier alpha value is -1.55. The molecule has 82 valence electrons. The second-order valence-electron chi connectivity index (χ2n) is 3.24. The van der Waals surface area contributed by atoms with E-state index in [4.69, 9.17) is 9.84 Å². The molecule has 2 N–H and O–H groups in total. The van der Waals surface area contributed by atoms with Crippen LogP contribution in [0.1, 0.15) is 18.5 Å². The lowest BCUT2D eigenvalue weighted by Crippen LogP contribution is -2.25. The van der Waals surface area contributed by atoms with Crippen LogP contribution in [-0.4, -0.2) is 24.7 Å². The number of methoxy groups -OCH3 is 1. The van der Waals surface area contributed by atoms with Gasteiger partial charge in [-0.3, -0.25) is 4.79 Å². The lowest BCUT2D eigenvalue weighted by Gasteiger charge is -2.15. The van der Waals surface area contributed by atoms with Crippen LogP contribution in [0.15, 0.2) is 24.3 Å². The van der Waals surface area contributed by atoms with E-state index in [-0.39, 0.29) is 12.6 Å². The Bertz CT molecular complexity index is 338. The third-order valence-electron chi connectivity index (χ3n) is 2.16. The number of para-hydroxylation sites is 1. The zero-order valence-corrected chi connectivity index (χ0v) is 8.86. The van der Waals surface area contributed by atoms with Gasteiger partial charge in [0.1, 0.15) is 5.75 Å². The normalized spacial score (nSPS) is 12.1. The number of ether oxygens (including phenoxy) is 1. The summed E-state index contributed by atoms with van der Waals surface area (Å²) in [5.74, 6) is -0.0976. The second-order valence-corrected chi connectivity index (χ2v) is 3.24. The minimum absolute atomic E-state index is 0.0442. The summed E-state index contributed by atoms with van der Waals surface area (Å²) in [5.41, 5.74) is 0.959. The van der Waals surface area contributed by atoms with Gasteiger partial charge in [0, 0.05) is 11.6 Å². The first kappa shape index (κ1) is 11.5. The molecule has 0 saturated carbocycles. The molecule has 0 aliphatic rings. The zero-order chi connectivity index (χ0) is 11.3. The number of carbonyl (C=O) groups is 1. The molecule has 0 fully saturated rings. The molecule has 0 radical (unpaired) electrons. The predicted octanol–water partition coefficient (Wildman–Crippen LogP) is 1.43. The Balaban J connectivity index is 2.72. The lowest BCUT2D eigenvalue weighted by atomic mass is 10.1. The molecule has 0 aliphatic carbocycles. The van der Waals surface area contributed by atoms with E-state index in [1.165, 1.54) is 0 Å². The van der Waals surface area contributed by atoms with Gasteiger partial charge in [-0.25, -0.2) is 0 Å². The van der Waals surface area contributed by atoms with Crippen molar-refractivity contribution >= 4 is 5.97 Å². The Morgan fingerprint density at radius 1 is 1.53 bits per heavy atom. The summed E-state index contributed by atoms with van der Waals surface area (Å²) in [5, 5.41) is 11.4. The van der Waals surface area contributed by atoms with Crippen molar-refractivity contribution in [2.45, 2.75) is 13.0 Å². The van der Waals surface area contributed by atoms with Gasteiger partial charge in [0.25, 0.3) is 0 Å². The Kier molecular flexibility index (Phi) is 4.12. The molecule has 0 aromatic heterocycles. The van der Waals surface area contributed by atoms with Crippen molar-refractivity contribution in [2.75, 3.05) is 13.7 Å². The van der Waals surface area contributed by atoms with Crippen LogP contribution in [0.5, 0.6) is 5.75 Å². The summed E-state index contributed by atoms with van der Waals surface area (Å²) in [4.78, 5) is 10.4. The Morgan fingerprint density at radius 2 is 2.20 bits per heavy atom. The fourth-order valence-electron chi connectivity index (χ4n) is 1.37. The molecular formula is C11H15NO3. The van der Waals surface area contributed by atoms with E-state index >= 15 is 0 Å². The first-order valence-corrected chi connectivity index (χ1v) is 4.73. The molecule has 0 bridgehead atoms. The molecule has 0 amide bonds. The van der Waals surface area contributed by atoms with Crippen LogP contribution < -0.4 is 10.1 Å². The summed E-state index contributed by atoms with van der Waals surface area (Å²) >= 11 is 0. The molecule has 4 nitrogen and oxygen atoms in total. The Labute approximate surface area is 88.9 Å². The number of hydrogen-bond donors (Lipinski definition) is 2. The summed E-state index contributed by atoms with van der Waals surface area (Å²) in [7, 11) is 1.60. The van der Waals surface area contributed by atoms with Crippen LogP contribution in [0.25, 0.3) is 0 Å². The molecular weight excluding hydrogens is 194 g/mol. The number of hydrogen-bond acceptors (Lipinski definition) is 3. The van der Waals surface area contributed by atoms with Crippen molar-refractivity contribution in [2.24, 2.45) is 0 Å². The molecule has 4 heteroatoms. The third kappa shape index (κ3) is 3.25. The van der Waals surface area contributed by atoms with Gasteiger partial charge in [-0.1, -0.05) is 18.2 Å². The van der Waals surface area contributed by atoms with E-state index in [0.717, 1.165) is 11.3 Å². The summed E-state index contributed by atoms with van der Waals surface area (Å²) in [6.45, 7) is 1.85. The van der Waals surface area contributed by atoms with Crippen molar-refractivity contribution < 1.29 is 14.6 Å². The van der Waals surface area contributed by atoms with Gasteiger partial charge in [0.05, 0.1) is 13.7 Å². The molecule has 0 saturated heterocycles. The zero-order valence-electron chi connectivity index (χ0n) is 8.86. The van der Waals surface area contributed by atoms with E-state index in [0.29, 0.717) is 0 Å². The van der Waals surface area contributed by atoms with Crippen LogP contribution >= 0.6 is 0 Å². The van der Waals surface area contributed by atoms with E-state index in [9.17, 15) is 4.79 Å². The van der Waals surface area contributed by atoms with Gasteiger partial charge in [0.2, 0.25) is 0 Å². The van der Waals surface area contributed by atoms with Gasteiger partial charge in [0.15, 0.2) is 0 Å². The van der Waals surface area contributed by atoms with Crippen molar-refractivity contribution in [1.82, 2.24) is 5.32 Å². The SMILES string of the molecule is COc1ccccc1[C@@H](C)NCC(=O)O. The van der Waals surface area contributed by atoms with Gasteiger partial charge in [-0.15, -0.1) is 0 Å². The summed E-state index contributed by atoms with van der Waals surface area (Å²) in [6, 6.07) is 7.51. The van der Waals surface area contributed by atoms with Crippen LogP contribution in [0, 0.1) is 0 Å². The number of aliphatic carboxylic acids is 1. The van der Waals surface area contributed by atoms with Crippen molar-refractivity contribution in [1.29, 1.82) is 0 Å². The van der Waals surface area contributed by atoms with Crippen LogP contribution in [0.3, 0.4) is 0 Å². The maximum absolute atomic E-state index is 10.4. The summed E-state index contributed by atoms with van der Waals surface area (Å²) in [6.07, 6.45) is 0. The topological polar surface area (TPSA) is 58.6 Å². The van der Waals surface area contributed by atoms with Crippen LogP contribution in [0.2, 0.25) is 0 Å². The van der Waals surface area contributed by atoms with Crippen LogP contribution in [-0.2, 0) is 4.79 Å². The highest BCUT2D eigenvalue weighted by molar-refractivity contribution is 5.69. The average molecular weight is 209 g/mol. The monoisotopic (exact) mass is 209 g/mol. The number of carboxylic acid groups (broad SMARTS) is 1. The number of benzene rings is 1. The standard InChI is InChI=1S/C11H15NO3/c1-8(12-7-11(13)14)9-5-3-4-6-10(9)15-2/h3-6,8,12H,7H2,1-2H3,(H,13,14)/t8-/m1/s1. The lowest BCUT2D eigenvalue weighted by molar-refractivity contribution is -0.136. The number of carboxylic acids is 1. The molecule has 0 aliphatic heterocycles. The predicted molar refractivity (Wildman–Crippen MR) is 57.0 cm³/mol. The first-order chi connectivity index (χ1) is 7.15. The first-order valence-electron chi connectivity index (χ1n) is 4.73. The van der Waals surface area contributed by atoms with E-state index < -0.39 is 5.97 Å². The molecule has 1 rings (SSSR count). The molecule has 1 aromatic carbocycles. The highest BCUT2D eigenvalue weighted by Crippen LogP contribution is 2.23. The second kappa shape index (κ2) is 5.36. The molecule has 0 heterocycles. The Morgan fingerprint density at radius 3 is 2.80 bits per heavy atom. The van der Waals surface area contributed by atoms with Crippen molar-refractivity contribution in [3.05, 3.63) is 29.8 Å². The number of rotatable bonds is 5. The van der Waals surface area contributed by atoms with Crippen molar-refractivity contribution in [3.63, 3.8) is 0 Å². The fraction of sp³-hybridized carbons (Fsp3) is 0.364. The van der Waals surface area contributed by atoms with Crippen LogP contribution in [0.4, 0.5) is 0 Å². The fourth-order valence-corrected chi connectivity index (χ4v) is 1.37.